The Morgan fingerprint density at radius 3 is 1.80 bits per heavy atom. The van der Waals surface area contributed by atoms with Crippen molar-refractivity contribution in [3.63, 3.8) is 0 Å². The minimum atomic E-state index is 0.623. The topological polar surface area (TPSA) is 38.7 Å². The molecule has 8 aromatic rings. The molecule has 0 spiro atoms. The van der Waals surface area contributed by atoms with Gasteiger partial charge in [0.2, 0.25) is 0 Å². The lowest BCUT2D eigenvalue weighted by Crippen LogP contribution is -2.01. The Morgan fingerprint density at radius 1 is 0.425 bits per heavy atom. The van der Waals surface area contributed by atoms with Gasteiger partial charge >= 0.3 is 0 Å². The maximum atomic E-state index is 6.59. The molecule has 40 heavy (non-hydrogen) atoms. The van der Waals surface area contributed by atoms with E-state index in [1.54, 1.807) is 11.3 Å². The first-order valence-electron chi connectivity index (χ1n) is 13.1. The first-order valence-corrected chi connectivity index (χ1v) is 14.3. The van der Waals surface area contributed by atoms with E-state index >= 15 is 0 Å². The first kappa shape index (κ1) is 23.3. The number of halogens is 1. The predicted octanol–water partition coefficient (Wildman–Crippen LogP) is 10.2. The fourth-order valence-corrected chi connectivity index (χ4v) is 6.94. The molecule has 0 aliphatic rings. The number of fused-ring (bicyclic) bond motifs is 5. The van der Waals surface area contributed by atoms with E-state index in [4.69, 9.17) is 26.6 Å². The van der Waals surface area contributed by atoms with E-state index in [0.717, 1.165) is 38.2 Å². The van der Waals surface area contributed by atoms with Crippen LogP contribution in [0, 0.1) is 0 Å². The summed E-state index contributed by atoms with van der Waals surface area (Å²) in [5, 5.41) is 7.32. The molecule has 0 saturated carbocycles. The molecular weight excluding hydrogens is 530 g/mol. The van der Waals surface area contributed by atoms with Crippen LogP contribution < -0.4 is 0 Å². The van der Waals surface area contributed by atoms with Gasteiger partial charge in [-0.3, -0.25) is 0 Å². The Hall–Kier alpha value is -4.64. The molecule has 8 rings (SSSR count). The van der Waals surface area contributed by atoms with Crippen LogP contribution in [-0.2, 0) is 0 Å². The Balaban J connectivity index is 1.47. The molecule has 6 aromatic carbocycles. The van der Waals surface area contributed by atoms with Crippen LogP contribution in [0.2, 0.25) is 5.02 Å². The molecule has 0 saturated heterocycles. The van der Waals surface area contributed by atoms with E-state index in [1.165, 1.54) is 20.2 Å². The average Bonchev–Trinajstić information content (AvgIpc) is 3.40. The van der Waals surface area contributed by atoms with E-state index < -0.39 is 0 Å². The van der Waals surface area contributed by atoms with Crippen LogP contribution in [0.15, 0.2) is 121 Å². The van der Waals surface area contributed by atoms with Crippen LogP contribution in [0.25, 0.3) is 75.9 Å². The Kier molecular flexibility index (Phi) is 5.37. The van der Waals surface area contributed by atoms with Crippen molar-refractivity contribution in [3.8, 4) is 34.2 Å². The summed E-state index contributed by atoms with van der Waals surface area (Å²) in [4.78, 5) is 15.4. The average molecular weight is 550 g/mol. The number of rotatable bonds is 3. The van der Waals surface area contributed by atoms with Gasteiger partial charge in [0, 0.05) is 47.3 Å². The molecule has 0 radical (unpaired) electrons. The van der Waals surface area contributed by atoms with Crippen LogP contribution in [0.5, 0.6) is 0 Å². The van der Waals surface area contributed by atoms with Crippen LogP contribution in [0.1, 0.15) is 0 Å². The summed E-state index contributed by atoms with van der Waals surface area (Å²) in [6.45, 7) is 0. The van der Waals surface area contributed by atoms with Crippen molar-refractivity contribution in [2.75, 3.05) is 0 Å². The zero-order chi connectivity index (χ0) is 26.6. The Morgan fingerprint density at radius 2 is 0.975 bits per heavy atom. The van der Waals surface area contributed by atoms with Gasteiger partial charge < -0.3 is 0 Å². The third-order valence-corrected chi connectivity index (χ3v) is 8.89. The molecule has 5 heteroatoms. The van der Waals surface area contributed by atoms with E-state index in [0.29, 0.717) is 22.5 Å². The normalized spacial score (nSPS) is 11.6. The van der Waals surface area contributed by atoms with Crippen molar-refractivity contribution in [1.82, 2.24) is 15.0 Å². The fraction of sp³-hybridized carbons (Fsp3) is 0. The van der Waals surface area contributed by atoms with Gasteiger partial charge in [0.05, 0.1) is 0 Å². The number of thiophene rings is 1. The van der Waals surface area contributed by atoms with Crippen molar-refractivity contribution < 1.29 is 0 Å². The second kappa shape index (κ2) is 9.23. The van der Waals surface area contributed by atoms with Crippen LogP contribution in [0.4, 0.5) is 0 Å². The van der Waals surface area contributed by atoms with Gasteiger partial charge in [-0.25, -0.2) is 15.0 Å². The molecule has 0 bridgehead atoms. The van der Waals surface area contributed by atoms with Crippen molar-refractivity contribution in [2.45, 2.75) is 0 Å². The molecule has 3 nitrogen and oxygen atoms in total. The zero-order valence-electron chi connectivity index (χ0n) is 21.2. The quantitative estimate of drug-likeness (QED) is 0.220. The summed E-state index contributed by atoms with van der Waals surface area (Å²) in [6.07, 6.45) is 0. The van der Waals surface area contributed by atoms with E-state index in [1.807, 2.05) is 30.3 Å². The highest BCUT2D eigenvalue weighted by molar-refractivity contribution is 7.25. The van der Waals surface area contributed by atoms with Gasteiger partial charge in [-0.2, -0.15) is 0 Å². The zero-order valence-corrected chi connectivity index (χ0v) is 22.7. The highest BCUT2D eigenvalue weighted by Crippen LogP contribution is 2.40. The molecule has 2 heterocycles. The number of aromatic nitrogens is 3. The predicted molar refractivity (Wildman–Crippen MR) is 169 cm³/mol. The van der Waals surface area contributed by atoms with Gasteiger partial charge in [0.15, 0.2) is 17.5 Å². The molecule has 0 N–H and O–H groups in total. The van der Waals surface area contributed by atoms with Crippen molar-refractivity contribution in [3.05, 3.63) is 126 Å². The maximum Gasteiger partial charge on any atom is 0.164 e. The monoisotopic (exact) mass is 549 g/mol. The van der Waals surface area contributed by atoms with Gasteiger partial charge in [0.25, 0.3) is 0 Å². The van der Waals surface area contributed by atoms with Crippen LogP contribution in [-0.4, -0.2) is 15.0 Å². The van der Waals surface area contributed by atoms with E-state index in [2.05, 4.69) is 91.0 Å². The second-order valence-corrected chi connectivity index (χ2v) is 11.2. The summed E-state index contributed by atoms with van der Waals surface area (Å²) in [7, 11) is 0. The second-order valence-electron chi connectivity index (χ2n) is 9.75. The van der Waals surface area contributed by atoms with Crippen molar-refractivity contribution in [1.29, 1.82) is 0 Å². The van der Waals surface area contributed by atoms with E-state index in [9.17, 15) is 0 Å². The molecular formula is C35H20ClN3S. The maximum absolute atomic E-state index is 6.59. The van der Waals surface area contributed by atoms with Crippen LogP contribution in [0.3, 0.4) is 0 Å². The molecule has 0 aliphatic carbocycles. The lowest BCUT2D eigenvalue weighted by molar-refractivity contribution is 1.08. The highest BCUT2D eigenvalue weighted by Gasteiger charge is 2.19. The molecule has 0 atom stereocenters. The minimum Gasteiger partial charge on any atom is -0.208 e. The summed E-state index contributed by atoms with van der Waals surface area (Å²) < 4.78 is 2.46. The lowest BCUT2D eigenvalue weighted by Gasteiger charge is -2.12. The molecule has 2 aromatic heterocycles. The Labute approximate surface area is 239 Å². The van der Waals surface area contributed by atoms with Gasteiger partial charge in [-0.1, -0.05) is 109 Å². The van der Waals surface area contributed by atoms with Crippen LogP contribution >= 0.6 is 22.9 Å². The molecule has 188 valence electrons. The van der Waals surface area contributed by atoms with Gasteiger partial charge in [-0.05, 0) is 40.4 Å². The lowest BCUT2D eigenvalue weighted by atomic mass is 10.0. The highest BCUT2D eigenvalue weighted by atomic mass is 35.5. The standard InChI is InChI=1S/C35H20ClN3S/c36-29-20-19-26(23-12-3-4-13-24(23)29)34-37-33(25-15-7-10-21-9-1-2-11-22(21)25)38-35(39-34)28-16-8-18-31-32(28)27-14-5-6-17-30(27)40-31/h1-20H. The SMILES string of the molecule is Clc1ccc(-c2nc(-c3cccc4ccccc34)nc(-c3cccc4sc5ccccc5c34)n2)c2ccccc12. The van der Waals surface area contributed by atoms with E-state index in [-0.39, 0.29) is 0 Å². The summed E-state index contributed by atoms with van der Waals surface area (Å²) >= 11 is 8.38. The summed E-state index contributed by atoms with van der Waals surface area (Å²) in [5.41, 5.74) is 2.90. The Bertz CT molecular complexity index is 2250. The first-order chi connectivity index (χ1) is 19.7. The number of benzene rings is 6. The van der Waals surface area contributed by atoms with Crippen molar-refractivity contribution >= 4 is 64.7 Å². The molecule has 0 fully saturated rings. The summed E-state index contributed by atoms with van der Waals surface area (Å²) in [6, 6.07) is 41.6. The van der Waals surface area contributed by atoms with Gasteiger partial charge in [0.1, 0.15) is 0 Å². The third kappa shape index (κ3) is 3.69. The largest absolute Gasteiger partial charge is 0.208 e. The fourth-order valence-electron chi connectivity index (χ4n) is 5.58. The third-order valence-electron chi connectivity index (χ3n) is 7.42. The molecule has 0 aliphatic heterocycles. The number of hydrogen-bond acceptors (Lipinski definition) is 4. The smallest absolute Gasteiger partial charge is 0.164 e. The number of nitrogens with zero attached hydrogens (tertiary/aromatic N) is 3. The minimum absolute atomic E-state index is 0.623. The molecule has 0 amide bonds. The molecule has 0 unspecified atom stereocenters. The van der Waals surface area contributed by atoms with Crippen molar-refractivity contribution in [2.24, 2.45) is 0 Å². The summed E-state index contributed by atoms with van der Waals surface area (Å²) in [5.74, 6) is 1.92. The van der Waals surface area contributed by atoms with Gasteiger partial charge in [-0.15, -0.1) is 11.3 Å². The number of hydrogen-bond donors (Lipinski definition) is 0.